The molecule has 2 aromatic rings. The summed E-state index contributed by atoms with van der Waals surface area (Å²) in [5, 5.41) is 3.18. The number of carbonyl (C=O) groups excluding carboxylic acids is 1. The minimum Gasteiger partial charge on any atom is -0.494 e. The second-order valence-corrected chi connectivity index (χ2v) is 7.51. The highest BCUT2D eigenvalue weighted by Crippen LogP contribution is 2.40. The first-order chi connectivity index (χ1) is 12.4. The summed E-state index contributed by atoms with van der Waals surface area (Å²) in [6.07, 6.45) is 1.69. The van der Waals surface area contributed by atoms with Crippen LogP contribution >= 0.6 is 0 Å². The van der Waals surface area contributed by atoms with Gasteiger partial charge in [0.1, 0.15) is 17.1 Å². The largest absolute Gasteiger partial charge is 0.494 e. The Balaban J connectivity index is 1.77. The molecule has 4 heteroatoms. The van der Waals surface area contributed by atoms with Crippen LogP contribution in [0.3, 0.4) is 0 Å². The number of aryl methyl sites for hydroxylation is 1. The van der Waals surface area contributed by atoms with Gasteiger partial charge in [-0.15, -0.1) is 0 Å². The summed E-state index contributed by atoms with van der Waals surface area (Å²) in [7, 11) is 0. The van der Waals surface area contributed by atoms with Crippen molar-refractivity contribution in [3.8, 4) is 11.5 Å². The standard InChI is InChI=1S/C22H27NO3/c1-5-12-25-17-9-7-16(8-10-17)21(24)23-19-14-22(3,4)26-20-11-6-15(2)13-18(19)20/h6-11,13,19H,5,12,14H2,1-4H3,(H,23,24)/t19-/m1/s1. The number of carbonyl (C=O) groups is 1. The Labute approximate surface area is 155 Å². The molecule has 0 spiro atoms. The van der Waals surface area contributed by atoms with E-state index in [4.69, 9.17) is 9.47 Å². The summed E-state index contributed by atoms with van der Waals surface area (Å²) in [5.74, 6) is 1.55. The molecule has 0 aromatic heterocycles. The number of fused-ring (bicyclic) bond motifs is 1. The van der Waals surface area contributed by atoms with Gasteiger partial charge in [-0.25, -0.2) is 0 Å². The molecule has 1 amide bonds. The molecule has 2 aromatic carbocycles. The highest BCUT2D eigenvalue weighted by Gasteiger charge is 2.34. The number of amides is 1. The molecule has 1 N–H and O–H groups in total. The van der Waals surface area contributed by atoms with Crippen LogP contribution < -0.4 is 14.8 Å². The lowest BCUT2D eigenvalue weighted by Crippen LogP contribution is -2.41. The van der Waals surface area contributed by atoms with Gasteiger partial charge in [0.15, 0.2) is 0 Å². The van der Waals surface area contributed by atoms with Crippen molar-refractivity contribution in [2.75, 3.05) is 6.61 Å². The van der Waals surface area contributed by atoms with Crippen LogP contribution in [0.5, 0.6) is 11.5 Å². The molecule has 0 aliphatic carbocycles. The van der Waals surface area contributed by atoms with Gasteiger partial charge in [0.25, 0.3) is 5.91 Å². The van der Waals surface area contributed by atoms with E-state index in [9.17, 15) is 4.79 Å². The van der Waals surface area contributed by atoms with Gasteiger partial charge in [-0.3, -0.25) is 4.79 Å². The minimum atomic E-state index is -0.321. The van der Waals surface area contributed by atoms with E-state index in [0.717, 1.165) is 35.5 Å². The maximum atomic E-state index is 12.8. The number of nitrogens with one attached hydrogen (secondary N) is 1. The highest BCUT2D eigenvalue weighted by atomic mass is 16.5. The van der Waals surface area contributed by atoms with E-state index in [0.29, 0.717) is 12.2 Å². The topological polar surface area (TPSA) is 47.6 Å². The zero-order chi connectivity index (χ0) is 18.7. The van der Waals surface area contributed by atoms with Crippen LogP contribution in [0.2, 0.25) is 0 Å². The Morgan fingerprint density at radius 1 is 1.23 bits per heavy atom. The van der Waals surface area contributed by atoms with Crippen LogP contribution in [0.15, 0.2) is 42.5 Å². The van der Waals surface area contributed by atoms with Crippen LogP contribution in [-0.2, 0) is 0 Å². The van der Waals surface area contributed by atoms with Crippen molar-refractivity contribution < 1.29 is 14.3 Å². The van der Waals surface area contributed by atoms with Gasteiger partial charge in [-0.05, 0) is 57.5 Å². The molecule has 0 unspecified atom stereocenters. The van der Waals surface area contributed by atoms with Crippen molar-refractivity contribution in [2.24, 2.45) is 0 Å². The molecule has 0 saturated carbocycles. The highest BCUT2D eigenvalue weighted by molar-refractivity contribution is 5.94. The van der Waals surface area contributed by atoms with Gasteiger partial charge in [-0.2, -0.15) is 0 Å². The molecule has 1 heterocycles. The molecule has 138 valence electrons. The molecule has 26 heavy (non-hydrogen) atoms. The lowest BCUT2D eigenvalue weighted by Gasteiger charge is -2.38. The van der Waals surface area contributed by atoms with Crippen molar-refractivity contribution >= 4 is 5.91 Å². The summed E-state index contributed by atoms with van der Waals surface area (Å²) in [6.45, 7) is 8.90. The smallest absolute Gasteiger partial charge is 0.251 e. The minimum absolute atomic E-state index is 0.0721. The van der Waals surface area contributed by atoms with Crippen LogP contribution in [0.4, 0.5) is 0 Å². The van der Waals surface area contributed by atoms with E-state index in [1.54, 1.807) is 0 Å². The first-order valence-electron chi connectivity index (χ1n) is 9.21. The van der Waals surface area contributed by atoms with Gasteiger partial charge in [0.05, 0.1) is 12.6 Å². The third-order valence-corrected chi connectivity index (χ3v) is 4.52. The third kappa shape index (κ3) is 4.18. The van der Waals surface area contributed by atoms with Gasteiger partial charge < -0.3 is 14.8 Å². The molecule has 1 aliphatic heterocycles. The van der Waals surface area contributed by atoms with Gasteiger partial charge in [0.2, 0.25) is 0 Å². The Morgan fingerprint density at radius 2 is 1.96 bits per heavy atom. The number of rotatable bonds is 5. The quantitative estimate of drug-likeness (QED) is 0.838. The molecular weight excluding hydrogens is 326 g/mol. The van der Waals surface area contributed by atoms with Crippen molar-refractivity contribution in [1.82, 2.24) is 5.32 Å². The number of ether oxygens (including phenoxy) is 2. The van der Waals surface area contributed by atoms with Gasteiger partial charge in [0, 0.05) is 17.5 Å². The first kappa shape index (κ1) is 18.3. The molecule has 0 fully saturated rings. The molecule has 3 rings (SSSR count). The fraction of sp³-hybridized carbons (Fsp3) is 0.409. The predicted octanol–water partition coefficient (Wildman–Crippen LogP) is 4.82. The Bertz CT molecular complexity index is 780. The van der Waals surface area contributed by atoms with Crippen LogP contribution in [0, 0.1) is 6.92 Å². The monoisotopic (exact) mass is 353 g/mol. The maximum Gasteiger partial charge on any atom is 0.251 e. The Kier molecular flexibility index (Phi) is 5.21. The first-order valence-corrected chi connectivity index (χ1v) is 9.21. The van der Waals surface area contributed by atoms with Crippen LogP contribution in [0.25, 0.3) is 0 Å². The van der Waals surface area contributed by atoms with Crippen molar-refractivity contribution in [2.45, 2.75) is 52.2 Å². The Hall–Kier alpha value is -2.49. The van der Waals surface area contributed by atoms with E-state index >= 15 is 0 Å². The summed E-state index contributed by atoms with van der Waals surface area (Å²) in [6, 6.07) is 13.4. The van der Waals surface area contributed by atoms with E-state index in [1.165, 1.54) is 0 Å². The van der Waals surface area contributed by atoms with Crippen molar-refractivity contribution in [3.05, 3.63) is 59.2 Å². The SMILES string of the molecule is CCCOc1ccc(C(=O)N[C@@H]2CC(C)(C)Oc3ccc(C)cc32)cc1. The molecule has 4 nitrogen and oxygen atoms in total. The zero-order valence-electron chi connectivity index (χ0n) is 16.0. The molecular formula is C22H27NO3. The van der Waals surface area contributed by atoms with Crippen molar-refractivity contribution in [1.29, 1.82) is 0 Å². The Morgan fingerprint density at radius 3 is 2.65 bits per heavy atom. The lowest BCUT2D eigenvalue weighted by molar-refractivity contribution is 0.0619. The van der Waals surface area contributed by atoms with E-state index < -0.39 is 0 Å². The average molecular weight is 353 g/mol. The van der Waals surface area contributed by atoms with Gasteiger partial charge >= 0.3 is 0 Å². The zero-order valence-corrected chi connectivity index (χ0v) is 16.0. The van der Waals surface area contributed by atoms with Gasteiger partial charge in [-0.1, -0.05) is 24.6 Å². The average Bonchev–Trinajstić information content (AvgIpc) is 2.60. The summed E-state index contributed by atoms with van der Waals surface area (Å²) >= 11 is 0. The van der Waals surface area contributed by atoms with E-state index in [1.807, 2.05) is 43.3 Å². The summed E-state index contributed by atoms with van der Waals surface area (Å²) in [4.78, 5) is 12.8. The normalized spacial score (nSPS) is 17.8. The lowest BCUT2D eigenvalue weighted by atomic mass is 9.88. The molecule has 1 aliphatic rings. The molecule has 0 bridgehead atoms. The molecule has 0 radical (unpaired) electrons. The fourth-order valence-corrected chi connectivity index (χ4v) is 3.27. The summed E-state index contributed by atoms with van der Waals surface area (Å²) in [5.41, 5.74) is 2.51. The second-order valence-electron chi connectivity index (χ2n) is 7.51. The van der Waals surface area contributed by atoms with Crippen molar-refractivity contribution in [3.63, 3.8) is 0 Å². The maximum absolute atomic E-state index is 12.8. The summed E-state index contributed by atoms with van der Waals surface area (Å²) < 4.78 is 11.7. The fourth-order valence-electron chi connectivity index (χ4n) is 3.27. The van der Waals surface area contributed by atoms with E-state index in [2.05, 4.69) is 32.2 Å². The number of hydrogen-bond donors (Lipinski definition) is 1. The third-order valence-electron chi connectivity index (χ3n) is 4.52. The molecule has 1 atom stereocenters. The van der Waals surface area contributed by atoms with Crippen LogP contribution in [0.1, 0.15) is 61.1 Å². The molecule has 0 saturated heterocycles. The second kappa shape index (κ2) is 7.40. The number of benzene rings is 2. The number of hydrogen-bond acceptors (Lipinski definition) is 3. The predicted molar refractivity (Wildman–Crippen MR) is 103 cm³/mol. The van der Waals surface area contributed by atoms with E-state index in [-0.39, 0.29) is 17.6 Å². The van der Waals surface area contributed by atoms with Crippen LogP contribution in [-0.4, -0.2) is 18.1 Å².